The molecule has 0 heterocycles. The van der Waals surface area contributed by atoms with E-state index in [1.165, 1.54) is 0 Å². The zero-order valence-corrected chi connectivity index (χ0v) is 7.87. The zero-order chi connectivity index (χ0) is 9.72. The highest BCUT2D eigenvalue weighted by atomic mass is 16.4. The molecule has 0 bridgehead atoms. The van der Waals surface area contributed by atoms with Crippen molar-refractivity contribution >= 4 is 5.97 Å². The molecule has 0 aliphatic heterocycles. The molecule has 0 aromatic carbocycles. The second-order valence-electron chi connectivity index (χ2n) is 3.18. The number of carbonyl (C=O) groups is 1. The van der Waals surface area contributed by atoms with E-state index in [-0.39, 0.29) is 5.92 Å². The lowest BCUT2D eigenvalue weighted by atomic mass is 9.92. The third kappa shape index (κ3) is 3.37. The summed E-state index contributed by atoms with van der Waals surface area (Å²) in [5, 5.41) is 8.72. The van der Waals surface area contributed by atoms with Gasteiger partial charge in [-0.05, 0) is 13.8 Å². The van der Waals surface area contributed by atoms with E-state index in [0.717, 1.165) is 5.57 Å². The van der Waals surface area contributed by atoms with Gasteiger partial charge in [0.05, 0.1) is 5.92 Å². The summed E-state index contributed by atoms with van der Waals surface area (Å²) in [6.45, 7) is 9.20. The van der Waals surface area contributed by atoms with Gasteiger partial charge in [0.2, 0.25) is 0 Å². The second kappa shape index (κ2) is 4.75. The van der Waals surface area contributed by atoms with E-state index in [1.807, 2.05) is 19.9 Å². The van der Waals surface area contributed by atoms with Gasteiger partial charge >= 0.3 is 5.97 Å². The van der Waals surface area contributed by atoms with E-state index in [0.29, 0.717) is 0 Å². The lowest BCUT2D eigenvalue weighted by Gasteiger charge is -2.12. The van der Waals surface area contributed by atoms with Crippen LogP contribution in [0.15, 0.2) is 24.3 Å². The first-order valence-corrected chi connectivity index (χ1v) is 3.99. The molecule has 0 fully saturated rings. The Morgan fingerprint density at radius 1 is 1.50 bits per heavy atom. The number of carboxylic acids is 1. The van der Waals surface area contributed by atoms with E-state index in [1.54, 1.807) is 13.0 Å². The first-order valence-electron chi connectivity index (χ1n) is 3.99. The molecule has 0 aliphatic carbocycles. The molecule has 1 unspecified atom stereocenters. The van der Waals surface area contributed by atoms with Crippen molar-refractivity contribution < 1.29 is 9.90 Å². The molecular formula is C10H16O2. The minimum Gasteiger partial charge on any atom is -0.481 e. The Balaban J connectivity index is 4.45. The standard InChI is InChI=1S/C10H16O2/c1-5-9(6-7(2)3)8(4)10(11)12/h5-6,8-9H,1H2,2-4H3,(H,11,12)/t8?,9-/m0/s1. The quantitative estimate of drug-likeness (QED) is 0.655. The van der Waals surface area contributed by atoms with E-state index >= 15 is 0 Å². The van der Waals surface area contributed by atoms with Crippen LogP contribution in [0.4, 0.5) is 0 Å². The molecule has 0 saturated heterocycles. The van der Waals surface area contributed by atoms with Crippen molar-refractivity contribution in [3.8, 4) is 0 Å². The highest BCUT2D eigenvalue weighted by Gasteiger charge is 2.18. The largest absolute Gasteiger partial charge is 0.481 e. The third-order valence-corrected chi connectivity index (χ3v) is 1.76. The average Bonchev–Trinajstić information content (AvgIpc) is 1.98. The Hall–Kier alpha value is -1.05. The maximum Gasteiger partial charge on any atom is 0.307 e. The van der Waals surface area contributed by atoms with Crippen LogP contribution in [0.5, 0.6) is 0 Å². The van der Waals surface area contributed by atoms with Crippen molar-refractivity contribution in [1.82, 2.24) is 0 Å². The molecule has 0 saturated carbocycles. The van der Waals surface area contributed by atoms with Crippen LogP contribution in [-0.4, -0.2) is 11.1 Å². The molecule has 0 spiro atoms. The van der Waals surface area contributed by atoms with Crippen molar-refractivity contribution in [3.63, 3.8) is 0 Å². The monoisotopic (exact) mass is 168 g/mol. The predicted molar refractivity (Wildman–Crippen MR) is 49.9 cm³/mol. The van der Waals surface area contributed by atoms with Crippen LogP contribution in [0.3, 0.4) is 0 Å². The van der Waals surface area contributed by atoms with Crippen molar-refractivity contribution in [2.45, 2.75) is 20.8 Å². The number of allylic oxidation sites excluding steroid dienone is 3. The van der Waals surface area contributed by atoms with Crippen LogP contribution < -0.4 is 0 Å². The lowest BCUT2D eigenvalue weighted by molar-refractivity contribution is -0.141. The molecule has 2 heteroatoms. The summed E-state index contributed by atoms with van der Waals surface area (Å²) in [6, 6.07) is 0. The predicted octanol–water partition coefficient (Wildman–Crippen LogP) is 2.48. The maximum absolute atomic E-state index is 10.6. The maximum atomic E-state index is 10.6. The number of hydrogen-bond donors (Lipinski definition) is 1. The third-order valence-electron chi connectivity index (χ3n) is 1.76. The first kappa shape index (κ1) is 11.0. The fourth-order valence-electron chi connectivity index (χ4n) is 0.966. The van der Waals surface area contributed by atoms with Gasteiger partial charge < -0.3 is 5.11 Å². The van der Waals surface area contributed by atoms with Gasteiger partial charge in [0.1, 0.15) is 0 Å². The van der Waals surface area contributed by atoms with Crippen LogP contribution in [0.1, 0.15) is 20.8 Å². The number of aliphatic carboxylic acids is 1. The Labute approximate surface area is 73.6 Å². The Morgan fingerprint density at radius 2 is 2.00 bits per heavy atom. The smallest absolute Gasteiger partial charge is 0.307 e. The van der Waals surface area contributed by atoms with Crippen LogP contribution in [0.25, 0.3) is 0 Å². The van der Waals surface area contributed by atoms with Crippen LogP contribution in [0.2, 0.25) is 0 Å². The molecule has 0 aromatic heterocycles. The van der Waals surface area contributed by atoms with Gasteiger partial charge in [0, 0.05) is 5.92 Å². The molecule has 68 valence electrons. The van der Waals surface area contributed by atoms with E-state index in [2.05, 4.69) is 6.58 Å². The van der Waals surface area contributed by atoms with Crippen molar-refractivity contribution in [1.29, 1.82) is 0 Å². The fourth-order valence-corrected chi connectivity index (χ4v) is 0.966. The van der Waals surface area contributed by atoms with Gasteiger partial charge in [-0.3, -0.25) is 4.79 Å². The van der Waals surface area contributed by atoms with Gasteiger partial charge in [-0.25, -0.2) is 0 Å². The molecule has 0 radical (unpaired) electrons. The van der Waals surface area contributed by atoms with Crippen LogP contribution >= 0.6 is 0 Å². The number of rotatable bonds is 4. The topological polar surface area (TPSA) is 37.3 Å². The molecule has 0 aromatic rings. The molecule has 0 aliphatic rings. The summed E-state index contributed by atoms with van der Waals surface area (Å²) in [5.74, 6) is -1.23. The number of carboxylic acid groups (broad SMARTS) is 1. The molecule has 2 atom stereocenters. The minimum atomic E-state index is -0.780. The van der Waals surface area contributed by atoms with E-state index < -0.39 is 11.9 Å². The highest BCUT2D eigenvalue weighted by molar-refractivity contribution is 5.70. The summed E-state index contributed by atoms with van der Waals surface area (Å²) in [5.41, 5.74) is 1.12. The molecular weight excluding hydrogens is 152 g/mol. The van der Waals surface area contributed by atoms with Gasteiger partial charge in [0.15, 0.2) is 0 Å². The zero-order valence-electron chi connectivity index (χ0n) is 7.87. The molecule has 2 nitrogen and oxygen atoms in total. The van der Waals surface area contributed by atoms with Gasteiger partial charge in [-0.1, -0.05) is 24.6 Å². The average molecular weight is 168 g/mol. The molecule has 0 amide bonds. The van der Waals surface area contributed by atoms with Crippen LogP contribution in [-0.2, 0) is 4.79 Å². The second-order valence-corrected chi connectivity index (χ2v) is 3.18. The molecule has 12 heavy (non-hydrogen) atoms. The van der Waals surface area contributed by atoms with Gasteiger partial charge in [0.25, 0.3) is 0 Å². The SMILES string of the molecule is C=C[C@@H](C=C(C)C)C(C)C(=O)O. The molecule has 0 rings (SSSR count). The summed E-state index contributed by atoms with van der Waals surface area (Å²) in [6.07, 6.45) is 3.59. The lowest BCUT2D eigenvalue weighted by Crippen LogP contribution is -2.17. The highest BCUT2D eigenvalue weighted by Crippen LogP contribution is 2.16. The van der Waals surface area contributed by atoms with Crippen molar-refractivity contribution in [3.05, 3.63) is 24.3 Å². The fraction of sp³-hybridized carbons (Fsp3) is 0.500. The molecule has 1 N–H and O–H groups in total. The Bertz CT molecular complexity index is 200. The summed E-state index contributed by atoms with van der Waals surface area (Å²) < 4.78 is 0. The van der Waals surface area contributed by atoms with Gasteiger partial charge in [-0.15, -0.1) is 6.58 Å². The minimum absolute atomic E-state index is 0.0625. The van der Waals surface area contributed by atoms with Gasteiger partial charge in [-0.2, -0.15) is 0 Å². The summed E-state index contributed by atoms with van der Waals surface area (Å²) in [4.78, 5) is 10.6. The summed E-state index contributed by atoms with van der Waals surface area (Å²) >= 11 is 0. The van der Waals surface area contributed by atoms with E-state index in [9.17, 15) is 4.79 Å². The normalized spacial score (nSPS) is 14.6. The van der Waals surface area contributed by atoms with Crippen LogP contribution in [0, 0.1) is 11.8 Å². The van der Waals surface area contributed by atoms with Crippen molar-refractivity contribution in [2.75, 3.05) is 0 Å². The Kier molecular flexibility index (Phi) is 4.34. The Morgan fingerprint density at radius 3 is 2.25 bits per heavy atom. The van der Waals surface area contributed by atoms with Crippen molar-refractivity contribution in [2.24, 2.45) is 11.8 Å². The summed E-state index contributed by atoms with van der Waals surface area (Å²) in [7, 11) is 0. The number of hydrogen-bond acceptors (Lipinski definition) is 1. The van der Waals surface area contributed by atoms with E-state index in [4.69, 9.17) is 5.11 Å². The first-order chi connectivity index (χ1) is 5.49.